The van der Waals surface area contributed by atoms with Gasteiger partial charge in [0.1, 0.15) is 0 Å². The van der Waals surface area contributed by atoms with Crippen molar-refractivity contribution in [2.45, 2.75) is 37.8 Å². The van der Waals surface area contributed by atoms with Gasteiger partial charge in [-0.1, -0.05) is 0 Å². The van der Waals surface area contributed by atoms with Crippen molar-refractivity contribution in [2.75, 3.05) is 7.05 Å². The van der Waals surface area contributed by atoms with Gasteiger partial charge in [0, 0.05) is 13.1 Å². The minimum absolute atomic E-state index is 0.556. The van der Waals surface area contributed by atoms with Gasteiger partial charge in [0.2, 0.25) is 0 Å². The van der Waals surface area contributed by atoms with Crippen LogP contribution in [0.3, 0.4) is 0 Å². The van der Waals surface area contributed by atoms with Gasteiger partial charge in [0.25, 0.3) is 0 Å². The smallest absolute Gasteiger partial charge is 0.0794 e. The molecule has 3 fully saturated rings. The van der Waals surface area contributed by atoms with Gasteiger partial charge in [0.05, 0.1) is 6.10 Å². The molecule has 0 amide bonds. The van der Waals surface area contributed by atoms with Crippen molar-refractivity contribution in [2.24, 2.45) is 0 Å². The van der Waals surface area contributed by atoms with Crippen LogP contribution in [0.2, 0.25) is 0 Å². The summed E-state index contributed by atoms with van der Waals surface area (Å²) < 4.78 is 0. The lowest BCUT2D eigenvalue weighted by Gasteiger charge is -2.42. The Labute approximate surface area is 55.7 Å². The monoisotopic (exact) mass is 127 g/mol. The first-order valence-corrected chi connectivity index (χ1v) is 3.76. The van der Waals surface area contributed by atoms with Crippen LogP contribution in [-0.4, -0.2) is 24.3 Å². The van der Waals surface area contributed by atoms with Crippen LogP contribution in [0.1, 0.15) is 25.7 Å². The third-order valence-electron chi connectivity index (χ3n) is 2.47. The molecule has 0 radical (unpaired) electrons. The van der Waals surface area contributed by atoms with Gasteiger partial charge >= 0.3 is 0 Å². The Morgan fingerprint density at radius 2 is 1.89 bits per heavy atom. The predicted octanol–water partition coefficient (Wildman–Crippen LogP) is 1.17. The molecule has 1 saturated carbocycles. The van der Waals surface area contributed by atoms with Crippen molar-refractivity contribution in [3.05, 3.63) is 0 Å². The fourth-order valence-electron chi connectivity index (χ4n) is 1.84. The Bertz CT molecular complexity index is 107. The van der Waals surface area contributed by atoms with Gasteiger partial charge in [-0.25, -0.2) is 0 Å². The number of hydrogen-bond acceptors (Lipinski definition) is 2. The van der Waals surface area contributed by atoms with E-state index in [4.69, 9.17) is 4.84 Å². The predicted molar refractivity (Wildman–Crippen MR) is 34.9 cm³/mol. The molecule has 0 unspecified atom stereocenters. The lowest BCUT2D eigenvalue weighted by Crippen LogP contribution is -2.46. The zero-order valence-electron chi connectivity index (χ0n) is 5.84. The van der Waals surface area contributed by atoms with E-state index >= 15 is 0 Å². The quantitative estimate of drug-likeness (QED) is 0.484. The van der Waals surface area contributed by atoms with Crippen LogP contribution < -0.4 is 0 Å². The maximum atomic E-state index is 5.52. The molecule has 1 aliphatic carbocycles. The molecule has 3 rings (SSSR count). The van der Waals surface area contributed by atoms with Gasteiger partial charge in [-0.3, -0.25) is 4.84 Å². The summed E-state index contributed by atoms with van der Waals surface area (Å²) in [6, 6.07) is 0.731. The summed E-state index contributed by atoms with van der Waals surface area (Å²) in [6.07, 6.45) is 5.83. The summed E-state index contributed by atoms with van der Waals surface area (Å²) in [7, 11) is 2.05. The molecule has 0 aromatic rings. The van der Waals surface area contributed by atoms with Gasteiger partial charge < -0.3 is 0 Å². The molecule has 2 bridgehead atoms. The zero-order chi connectivity index (χ0) is 6.27. The molecule has 0 atom stereocenters. The van der Waals surface area contributed by atoms with Crippen molar-refractivity contribution in [3.8, 4) is 0 Å². The Balaban J connectivity index is 2.06. The Morgan fingerprint density at radius 1 is 1.22 bits per heavy atom. The van der Waals surface area contributed by atoms with E-state index in [2.05, 4.69) is 7.05 Å². The molecule has 0 spiro atoms. The highest BCUT2D eigenvalue weighted by molar-refractivity contribution is 4.80. The second-order valence-electron chi connectivity index (χ2n) is 3.08. The summed E-state index contributed by atoms with van der Waals surface area (Å²) in [5, 5.41) is 2.04. The molecule has 3 aliphatic rings. The molecule has 2 heteroatoms. The summed E-state index contributed by atoms with van der Waals surface area (Å²) in [6.45, 7) is 0. The van der Waals surface area contributed by atoms with Crippen molar-refractivity contribution < 1.29 is 4.84 Å². The summed E-state index contributed by atoms with van der Waals surface area (Å²) in [5.41, 5.74) is 0. The summed E-state index contributed by atoms with van der Waals surface area (Å²) in [5.74, 6) is 0. The molecule has 52 valence electrons. The van der Waals surface area contributed by atoms with E-state index in [0.29, 0.717) is 6.10 Å². The van der Waals surface area contributed by atoms with Crippen LogP contribution >= 0.6 is 0 Å². The van der Waals surface area contributed by atoms with Crippen LogP contribution in [0.15, 0.2) is 0 Å². The van der Waals surface area contributed by atoms with Crippen LogP contribution in [0, 0.1) is 0 Å². The average molecular weight is 127 g/mol. The molecular weight excluding hydrogens is 114 g/mol. The lowest BCUT2D eigenvalue weighted by molar-refractivity contribution is -0.261. The molecule has 0 aromatic carbocycles. The number of fused-ring (bicyclic) bond motifs is 3. The molecule has 9 heavy (non-hydrogen) atoms. The van der Waals surface area contributed by atoms with E-state index in [9.17, 15) is 0 Å². The second kappa shape index (κ2) is 1.96. The molecular formula is C7H13NO. The Morgan fingerprint density at radius 3 is 2.11 bits per heavy atom. The lowest BCUT2D eigenvalue weighted by atomic mass is 9.91. The fraction of sp³-hybridized carbons (Fsp3) is 1.00. The molecule has 2 aliphatic heterocycles. The van der Waals surface area contributed by atoms with Gasteiger partial charge in [-0.15, -0.1) is 0 Å². The SMILES string of the molecule is CN1OC2CCC1CC2. The maximum Gasteiger partial charge on any atom is 0.0794 e. The van der Waals surface area contributed by atoms with Crippen molar-refractivity contribution in [1.82, 2.24) is 5.06 Å². The number of nitrogens with zero attached hydrogens (tertiary/aromatic N) is 1. The van der Waals surface area contributed by atoms with Gasteiger partial charge in [-0.05, 0) is 25.7 Å². The van der Waals surface area contributed by atoms with Crippen molar-refractivity contribution in [1.29, 1.82) is 0 Å². The minimum atomic E-state index is 0.556. The van der Waals surface area contributed by atoms with E-state index in [1.165, 1.54) is 25.7 Å². The topological polar surface area (TPSA) is 12.5 Å². The third-order valence-corrected chi connectivity index (χ3v) is 2.47. The molecule has 2 heterocycles. The summed E-state index contributed by atoms with van der Waals surface area (Å²) >= 11 is 0. The van der Waals surface area contributed by atoms with Crippen molar-refractivity contribution in [3.63, 3.8) is 0 Å². The number of hydroxylamine groups is 2. The van der Waals surface area contributed by atoms with Gasteiger partial charge in [-0.2, -0.15) is 5.06 Å². The minimum Gasteiger partial charge on any atom is -0.296 e. The third kappa shape index (κ3) is 0.864. The molecule has 2 saturated heterocycles. The highest BCUT2D eigenvalue weighted by Crippen LogP contribution is 2.30. The molecule has 0 aromatic heterocycles. The molecule has 0 N–H and O–H groups in total. The maximum absolute atomic E-state index is 5.52. The standard InChI is InChI=1S/C7H13NO/c1-8-6-2-4-7(9-8)5-3-6/h6-7H,2-5H2,1H3. The van der Waals surface area contributed by atoms with E-state index in [-0.39, 0.29) is 0 Å². The average Bonchev–Trinajstić information content (AvgIpc) is 1.90. The fourth-order valence-corrected chi connectivity index (χ4v) is 1.84. The van der Waals surface area contributed by atoms with E-state index in [0.717, 1.165) is 6.04 Å². The van der Waals surface area contributed by atoms with Crippen LogP contribution in [-0.2, 0) is 4.84 Å². The van der Waals surface area contributed by atoms with E-state index in [1.807, 2.05) is 5.06 Å². The Hall–Kier alpha value is -0.0800. The largest absolute Gasteiger partial charge is 0.296 e. The first kappa shape index (κ1) is 5.69. The highest BCUT2D eigenvalue weighted by atomic mass is 16.7. The first-order chi connectivity index (χ1) is 4.36. The van der Waals surface area contributed by atoms with Crippen molar-refractivity contribution >= 4 is 0 Å². The van der Waals surface area contributed by atoms with Crippen LogP contribution in [0.25, 0.3) is 0 Å². The Kier molecular flexibility index (Phi) is 1.24. The van der Waals surface area contributed by atoms with Crippen LogP contribution in [0.5, 0.6) is 0 Å². The van der Waals surface area contributed by atoms with Crippen LogP contribution in [0.4, 0.5) is 0 Å². The number of hydrogen-bond donors (Lipinski definition) is 0. The van der Waals surface area contributed by atoms with Gasteiger partial charge in [0.15, 0.2) is 0 Å². The highest BCUT2D eigenvalue weighted by Gasteiger charge is 2.32. The normalized spacial score (nSPS) is 43.7. The zero-order valence-corrected chi connectivity index (χ0v) is 5.84. The summed E-state index contributed by atoms with van der Waals surface area (Å²) in [4.78, 5) is 5.52. The molecule has 2 nitrogen and oxygen atoms in total. The first-order valence-electron chi connectivity index (χ1n) is 3.76. The number of rotatable bonds is 0. The second-order valence-corrected chi connectivity index (χ2v) is 3.08. The van der Waals surface area contributed by atoms with E-state index in [1.54, 1.807) is 0 Å². The van der Waals surface area contributed by atoms with E-state index < -0.39 is 0 Å².